The van der Waals surface area contributed by atoms with Crippen LogP contribution in [0, 0.1) is 0 Å². The lowest BCUT2D eigenvalue weighted by molar-refractivity contribution is 0.306. The second kappa shape index (κ2) is 6.67. The number of ether oxygens (including phenoxy) is 1. The standard InChI is InChI=1S/C19H16BrNO/c20-17-9-16(10-18(21)12-17)15-7-4-8-19(11-15)22-13-14-5-2-1-3-6-14/h1-12H,13,21H2. The van der Waals surface area contributed by atoms with Crippen LogP contribution in [0.5, 0.6) is 5.75 Å². The first-order chi connectivity index (χ1) is 10.7. The Hall–Kier alpha value is -2.26. The van der Waals surface area contributed by atoms with E-state index in [0.29, 0.717) is 6.61 Å². The molecule has 3 aromatic rings. The van der Waals surface area contributed by atoms with Crippen molar-refractivity contribution in [3.63, 3.8) is 0 Å². The van der Waals surface area contributed by atoms with Crippen molar-refractivity contribution in [3.05, 3.63) is 82.8 Å². The summed E-state index contributed by atoms with van der Waals surface area (Å²) in [7, 11) is 0. The number of benzene rings is 3. The Kier molecular flexibility index (Phi) is 4.45. The number of hydrogen-bond donors (Lipinski definition) is 1. The molecule has 0 aliphatic rings. The molecule has 0 fully saturated rings. The number of nitrogens with two attached hydrogens (primary N) is 1. The summed E-state index contributed by atoms with van der Waals surface area (Å²) in [5.41, 5.74) is 9.95. The summed E-state index contributed by atoms with van der Waals surface area (Å²) >= 11 is 3.48. The quantitative estimate of drug-likeness (QED) is 0.647. The van der Waals surface area contributed by atoms with Gasteiger partial charge in [0, 0.05) is 10.2 Å². The Bertz CT molecular complexity index is 751. The van der Waals surface area contributed by atoms with Gasteiger partial charge in [0.25, 0.3) is 0 Å². The van der Waals surface area contributed by atoms with E-state index in [4.69, 9.17) is 10.5 Å². The molecule has 0 radical (unpaired) electrons. The zero-order valence-corrected chi connectivity index (χ0v) is 13.6. The molecule has 0 aliphatic heterocycles. The van der Waals surface area contributed by atoms with Gasteiger partial charge in [0.1, 0.15) is 12.4 Å². The average molecular weight is 354 g/mol. The highest BCUT2D eigenvalue weighted by atomic mass is 79.9. The van der Waals surface area contributed by atoms with E-state index in [1.165, 1.54) is 0 Å². The van der Waals surface area contributed by atoms with Gasteiger partial charge in [-0.25, -0.2) is 0 Å². The third kappa shape index (κ3) is 3.68. The topological polar surface area (TPSA) is 35.2 Å². The van der Waals surface area contributed by atoms with E-state index >= 15 is 0 Å². The van der Waals surface area contributed by atoms with Gasteiger partial charge in [-0.1, -0.05) is 58.4 Å². The van der Waals surface area contributed by atoms with Crippen LogP contribution in [-0.2, 0) is 6.61 Å². The maximum atomic E-state index is 5.91. The van der Waals surface area contributed by atoms with Gasteiger partial charge in [0.15, 0.2) is 0 Å². The van der Waals surface area contributed by atoms with E-state index < -0.39 is 0 Å². The van der Waals surface area contributed by atoms with Crippen molar-refractivity contribution in [1.82, 2.24) is 0 Å². The summed E-state index contributed by atoms with van der Waals surface area (Å²) in [5, 5.41) is 0. The fourth-order valence-electron chi connectivity index (χ4n) is 2.29. The van der Waals surface area contributed by atoms with Crippen LogP contribution in [-0.4, -0.2) is 0 Å². The molecule has 0 amide bonds. The van der Waals surface area contributed by atoms with Crippen LogP contribution in [0.2, 0.25) is 0 Å². The molecule has 0 aromatic heterocycles. The zero-order valence-electron chi connectivity index (χ0n) is 12.0. The lowest BCUT2D eigenvalue weighted by Crippen LogP contribution is -1.95. The average Bonchev–Trinajstić information content (AvgIpc) is 2.53. The summed E-state index contributed by atoms with van der Waals surface area (Å²) in [6, 6.07) is 24.1. The SMILES string of the molecule is Nc1cc(Br)cc(-c2cccc(OCc3ccccc3)c2)c1. The van der Waals surface area contributed by atoms with Crippen molar-refractivity contribution in [2.75, 3.05) is 5.73 Å². The molecule has 0 saturated carbocycles. The van der Waals surface area contributed by atoms with Crippen LogP contribution >= 0.6 is 15.9 Å². The summed E-state index contributed by atoms with van der Waals surface area (Å²) in [6.07, 6.45) is 0. The molecule has 0 aliphatic carbocycles. The highest BCUT2D eigenvalue weighted by molar-refractivity contribution is 9.10. The Morgan fingerprint density at radius 3 is 2.41 bits per heavy atom. The van der Waals surface area contributed by atoms with Crippen LogP contribution in [0.1, 0.15) is 5.56 Å². The fourth-order valence-corrected chi connectivity index (χ4v) is 2.80. The van der Waals surface area contributed by atoms with Crippen molar-refractivity contribution in [2.45, 2.75) is 6.61 Å². The first kappa shape index (κ1) is 14.7. The molecule has 0 saturated heterocycles. The molecule has 110 valence electrons. The number of rotatable bonds is 4. The minimum Gasteiger partial charge on any atom is -0.489 e. The lowest BCUT2D eigenvalue weighted by Gasteiger charge is -2.09. The first-order valence-corrected chi connectivity index (χ1v) is 7.83. The van der Waals surface area contributed by atoms with E-state index in [1.54, 1.807) is 0 Å². The summed E-state index contributed by atoms with van der Waals surface area (Å²) in [6.45, 7) is 0.560. The minimum absolute atomic E-state index is 0.560. The Morgan fingerprint density at radius 1 is 0.818 bits per heavy atom. The summed E-state index contributed by atoms with van der Waals surface area (Å²) in [5.74, 6) is 0.847. The van der Waals surface area contributed by atoms with E-state index in [2.05, 4.69) is 34.1 Å². The van der Waals surface area contributed by atoms with E-state index in [1.807, 2.05) is 54.6 Å². The van der Waals surface area contributed by atoms with E-state index in [9.17, 15) is 0 Å². The van der Waals surface area contributed by atoms with Crippen LogP contribution in [0.25, 0.3) is 11.1 Å². The molecule has 22 heavy (non-hydrogen) atoms. The molecule has 3 heteroatoms. The van der Waals surface area contributed by atoms with Gasteiger partial charge in [-0.3, -0.25) is 0 Å². The minimum atomic E-state index is 0.560. The maximum absolute atomic E-state index is 5.91. The molecular weight excluding hydrogens is 338 g/mol. The van der Waals surface area contributed by atoms with Gasteiger partial charge in [-0.05, 0) is 47.0 Å². The second-order valence-corrected chi connectivity index (χ2v) is 5.99. The molecule has 2 N–H and O–H groups in total. The lowest BCUT2D eigenvalue weighted by atomic mass is 10.1. The first-order valence-electron chi connectivity index (χ1n) is 7.04. The van der Waals surface area contributed by atoms with Crippen molar-refractivity contribution in [1.29, 1.82) is 0 Å². The number of hydrogen-bond acceptors (Lipinski definition) is 2. The van der Waals surface area contributed by atoms with Crippen LogP contribution in [0.4, 0.5) is 5.69 Å². The van der Waals surface area contributed by atoms with Gasteiger partial charge in [-0.15, -0.1) is 0 Å². The van der Waals surface area contributed by atoms with Crippen molar-refractivity contribution >= 4 is 21.6 Å². The van der Waals surface area contributed by atoms with Crippen molar-refractivity contribution in [2.24, 2.45) is 0 Å². The maximum Gasteiger partial charge on any atom is 0.120 e. The van der Waals surface area contributed by atoms with Crippen LogP contribution < -0.4 is 10.5 Å². The van der Waals surface area contributed by atoms with E-state index in [0.717, 1.165) is 32.6 Å². The van der Waals surface area contributed by atoms with Gasteiger partial charge < -0.3 is 10.5 Å². The Balaban J connectivity index is 1.80. The number of nitrogen functional groups attached to an aromatic ring is 1. The van der Waals surface area contributed by atoms with Crippen molar-refractivity contribution < 1.29 is 4.74 Å². The Labute approximate surface area is 138 Å². The third-order valence-electron chi connectivity index (χ3n) is 3.34. The number of halogens is 1. The molecule has 0 bridgehead atoms. The van der Waals surface area contributed by atoms with Crippen LogP contribution in [0.3, 0.4) is 0 Å². The van der Waals surface area contributed by atoms with E-state index in [-0.39, 0.29) is 0 Å². The molecule has 0 heterocycles. The van der Waals surface area contributed by atoms with Crippen LogP contribution in [0.15, 0.2) is 77.3 Å². The van der Waals surface area contributed by atoms with Gasteiger partial charge >= 0.3 is 0 Å². The zero-order chi connectivity index (χ0) is 15.4. The molecule has 3 rings (SSSR count). The molecule has 0 unspecified atom stereocenters. The second-order valence-electron chi connectivity index (χ2n) is 5.08. The number of anilines is 1. The molecule has 0 spiro atoms. The smallest absolute Gasteiger partial charge is 0.120 e. The monoisotopic (exact) mass is 353 g/mol. The largest absolute Gasteiger partial charge is 0.489 e. The normalized spacial score (nSPS) is 10.4. The van der Waals surface area contributed by atoms with Crippen molar-refractivity contribution in [3.8, 4) is 16.9 Å². The predicted octanol–water partition coefficient (Wildman–Crippen LogP) is 5.28. The highest BCUT2D eigenvalue weighted by Crippen LogP contribution is 2.28. The molecule has 2 nitrogen and oxygen atoms in total. The van der Waals surface area contributed by atoms with Gasteiger partial charge in [0.2, 0.25) is 0 Å². The van der Waals surface area contributed by atoms with Gasteiger partial charge in [-0.2, -0.15) is 0 Å². The van der Waals surface area contributed by atoms with Gasteiger partial charge in [0.05, 0.1) is 0 Å². The third-order valence-corrected chi connectivity index (χ3v) is 3.79. The predicted molar refractivity (Wildman–Crippen MR) is 94.8 cm³/mol. The Morgan fingerprint density at radius 2 is 1.64 bits per heavy atom. The summed E-state index contributed by atoms with van der Waals surface area (Å²) < 4.78 is 6.84. The molecule has 0 atom stereocenters. The summed E-state index contributed by atoms with van der Waals surface area (Å²) in [4.78, 5) is 0. The molecular formula is C19H16BrNO. The fraction of sp³-hybridized carbons (Fsp3) is 0.0526. The highest BCUT2D eigenvalue weighted by Gasteiger charge is 2.03. The molecule has 3 aromatic carbocycles.